The summed E-state index contributed by atoms with van der Waals surface area (Å²) in [5.74, 6) is 0.610. The highest BCUT2D eigenvalue weighted by molar-refractivity contribution is 5.82. The number of nitrogens with one attached hydrogen (secondary N) is 3. The van der Waals surface area contributed by atoms with Crippen molar-refractivity contribution in [3.05, 3.63) is 0 Å². The Hall–Kier alpha value is -0.650. The Balaban J connectivity index is 1.67. The summed E-state index contributed by atoms with van der Waals surface area (Å²) in [5, 5.41) is 18.3. The van der Waals surface area contributed by atoms with Crippen LogP contribution in [0.3, 0.4) is 0 Å². The molecule has 0 aliphatic carbocycles. The van der Waals surface area contributed by atoms with Crippen molar-refractivity contribution in [1.29, 1.82) is 0 Å². The summed E-state index contributed by atoms with van der Waals surface area (Å²) in [5.41, 5.74) is 0. The molecule has 2 saturated heterocycles. The van der Waals surface area contributed by atoms with Crippen LogP contribution in [-0.2, 0) is 4.79 Å². The summed E-state index contributed by atoms with van der Waals surface area (Å²) in [4.78, 5) is 11.5. The molecule has 5 heteroatoms. The van der Waals surface area contributed by atoms with E-state index >= 15 is 0 Å². The Morgan fingerprint density at radius 2 is 2.21 bits per heavy atom. The van der Waals surface area contributed by atoms with Crippen molar-refractivity contribution in [2.24, 2.45) is 5.92 Å². The van der Waals surface area contributed by atoms with Crippen molar-refractivity contribution in [2.45, 2.75) is 18.6 Å². The molecule has 2 atom stereocenters. The van der Waals surface area contributed by atoms with Gasteiger partial charge < -0.3 is 21.1 Å². The Kier molecular flexibility index (Phi) is 3.00. The monoisotopic (exact) mass is 199 g/mol. The van der Waals surface area contributed by atoms with E-state index in [9.17, 15) is 9.90 Å². The third kappa shape index (κ3) is 2.23. The Morgan fingerprint density at radius 1 is 1.43 bits per heavy atom. The molecule has 0 saturated carbocycles. The first-order valence-corrected chi connectivity index (χ1v) is 5.15. The molecule has 2 aliphatic heterocycles. The van der Waals surface area contributed by atoms with Gasteiger partial charge >= 0.3 is 0 Å². The number of β-amino-alcohol motifs (C(OH)–C–C–N with tert-alkyl or cyclic N) is 1. The number of hydrogen-bond donors (Lipinski definition) is 4. The zero-order valence-corrected chi connectivity index (χ0v) is 8.12. The lowest BCUT2D eigenvalue weighted by Gasteiger charge is -2.27. The van der Waals surface area contributed by atoms with E-state index in [-0.39, 0.29) is 18.1 Å². The highest BCUT2D eigenvalue weighted by Gasteiger charge is 2.28. The van der Waals surface area contributed by atoms with Crippen molar-refractivity contribution in [2.75, 3.05) is 26.2 Å². The Labute approximate surface area is 83.3 Å². The maximum Gasteiger partial charge on any atom is 0.237 e. The summed E-state index contributed by atoms with van der Waals surface area (Å²) in [7, 11) is 0. The second-order valence-electron chi connectivity index (χ2n) is 4.12. The van der Waals surface area contributed by atoms with Crippen molar-refractivity contribution in [3.63, 3.8) is 0 Å². The minimum absolute atomic E-state index is 0.0217. The third-order valence-electron chi connectivity index (χ3n) is 2.86. The van der Waals surface area contributed by atoms with Gasteiger partial charge in [-0.2, -0.15) is 0 Å². The normalized spacial score (nSPS) is 32.6. The van der Waals surface area contributed by atoms with E-state index in [0.29, 0.717) is 18.9 Å². The van der Waals surface area contributed by atoms with Crippen LogP contribution in [0.25, 0.3) is 0 Å². The predicted octanol–water partition coefficient (Wildman–Crippen LogP) is -1.96. The summed E-state index contributed by atoms with van der Waals surface area (Å²) < 4.78 is 0. The molecule has 4 N–H and O–H groups in total. The van der Waals surface area contributed by atoms with Crippen LogP contribution in [0.4, 0.5) is 0 Å². The van der Waals surface area contributed by atoms with Crippen molar-refractivity contribution in [1.82, 2.24) is 16.0 Å². The minimum atomic E-state index is -0.365. The smallest absolute Gasteiger partial charge is 0.237 e. The van der Waals surface area contributed by atoms with Crippen LogP contribution >= 0.6 is 0 Å². The fraction of sp³-hybridized carbons (Fsp3) is 0.889. The molecule has 14 heavy (non-hydrogen) atoms. The lowest BCUT2D eigenvalue weighted by molar-refractivity contribution is -0.123. The number of rotatable bonds is 3. The van der Waals surface area contributed by atoms with Crippen LogP contribution in [0, 0.1) is 5.92 Å². The van der Waals surface area contributed by atoms with Gasteiger partial charge in [-0.1, -0.05) is 0 Å². The van der Waals surface area contributed by atoms with Gasteiger partial charge in [0.05, 0.1) is 12.1 Å². The van der Waals surface area contributed by atoms with Crippen molar-refractivity contribution >= 4 is 5.91 Å². The number of aliphatic hydroxyl groups is 1. The summed E-state index contributed by atoms with van der Waals surface area (Å²) >= 11 is 0. The molecule has 0 aromatic heterocycles. The molecule has 0 spiro atoms. The summed E-state index contributed by atoms with van der Waals surface area (Å²) in [6.07, 6.45) is 0.172. The van der Waals surface area contributed by atoms with Gasteiger partial charge in [-0.3, -0.25) is 4.79 Å². The molecule has 2 heterocycles. The fourth-order valence-corrected chi connectivity index (χ4v) is 1.78. The van der Waals surface area contributed by atoms with Gasteiger partial charge in [0.2, 0.25) is 5.91 Å². The van der Waals surface area contributed by atoms with Gasteiger partial charge in [-0.15, -0.1) is 0 Å². The summed E-state index contributed by atoms with van der Waals surface area (Å²) in [6.45, 7) is 3.28. The lowest BCUT2D eigenvalue weighted by atomic mass is 10.0. The Bertz CT molecular complexity index is 218. The second kappa shape index (κ2) is 4.25. The van der Waals surface area contributed by atoms with E-state index in [0.717, 1.165) is 19.6 Å². The zero-order chi connectivity index (χ0) is 9.97. The highest BCUT2D eigenvalue weighted by Crippen LogP contribution is 2.06. The number of aliphatic hydroxyl groups excluding tert-OH is 1. The molecule has 2 aliphatic rings. The maximum absolute atomic E-state index is 11.5. The van der Waals surface area contributed by atoms with E-state index < -0.39 is 0 Å². The van der Waals surface area contributed by atoms with E-state index in [1.54, 1.807) is 0 Å². The van der Waals surface area contributed by atoms with Gasteiger partial charge in [0, 0.05) is 32.1 Å². The highest BCUT2D eigenvalue weighted by atomic mass is 16.3. The first-order valence-electron chi connectivity index (χ1n) is 5.15. The van der Waals surface area contributed by atoms with Gasteiger partial charge in [0.1, 0.15) is 0 Å². The average Bonchev–Trinajstić information content (AvgIpc) is 2.49. The third-order valence-corrected chi connectivity index (χ3v) is 2.86. The molecule has 2 fully saturated rings. The van der Waals surface area contributed by atoms with Crippen LogP contribution in [0.2, 0.25) is 0 Å². The number of carbonyl (C=O) groups excluding carboxylic acids is 1. The van der Waals surface area contributed by atoms with E-state index in [1.807, 2.05) is 0 Å². The first-order chi connectivity index (χ1) is 6.75. The molecule has 0 aromatic rings. The first kappa shape index (κ1) is 9.89. The van der Waals surface area contributed by atoms with Crippen molar-refractivity contribution in [3.8, 4) is 0 Å². The molecule has 0 aromatic carbocycles. The minimum Gasteiger partial charge on any atom is -0.392 e. The number of hydrogen-bond acceptors (Lipinski definition) is 4. The fourth-order valence-electron chi connectivity index (χ4n) is 1.78. The maximum atomic E-state index is 11.5. The number of amides is 1. The Morgan fingerprint density at radius 3 is 2.71 bits per heavy atom. The van der Waals surface area contributed by atoms with Gasteiger partial charge in [0.15, 0.2) is 0 Å². The van der Waals surface area contributed by atoms with Crippen LogP contribution in [-0.4, -0.2) is 49.3 Å². The summed E-state index contributed by atoms with van der Waals surface area (Å²) in [6, 6.07) is -0.196. The molecule has 2 unspecified atom stereocenters. The van der Waals surface area contributed by atoms with Crippen LogP contribution in [0.1, 0.15) is 6.42 Å². The topological polar surface area (TPSA) is 73.4 Å². The largest absolute Gasteiger partial charge is 0.392 e. The van der Waals surface area contributed by atoms with Crippen LogP contribution < -0.4 is 16.0 Å². The average molecular weight is 199 g/mol. The quantitative estimate of drug-likeness (QED) is 0.426. The molecule has 0 bridgehead atoms. The van der Waals surface area contributed by atoms with Crippen molar-refractivity contribution < 1.29 is 9.90 Å². The predicted molar refractivity (Wildman–Crippen MR) is 51.8 cm³/mol. The molecular weight excluding hydrogens is 182 g/mol. The standard InChI is InChI=1S/C9H17N3O2/c13-7-1-8(11-5-7)9(14)12-4-6-2-10-3-6/h6-8,10-11,13H,1-5H2,(H,12,14). The molecule has 0 radical (unpaired) electrons. The molecule has 80 valence electrons. The van der Waals surface area contributed by atoms with E-state index in [1.165, 1.54) is 0 Å². The molecular formula is C9H17N3O2. The van der Waals surface area contributed by atoms with Crippen LogP contribution in [0.5, 0.6) is 0 Å². The van der Waals surface area contributed by atoms with E-state index in [2.05, 4.69) is 16.0 Å². The van der Waals surface area contributed by atoms with Gasteiger partial charge in [0.25, 0.3) is 0 Å². The second-order valence-corrected chi connectivity index (χ2v) is 4.12. The molecule has 1 amide bonds. The SMILES string of the molecule is O=C(NCC1CNC1)C1CC(O)CN1. The number of carbonyl (C=O) groups is 1. The van der Waals surface area contributed by atoms with Gasteiger partial charge in [-0.25, -0.2) is 0 Å². The lowest BCUT2D eigenvalue weighted by Crippen LogP contribution is -2.50. The molecule has 2 rings (SSSR count). The van der Waals surface area contributed by atoms with Gasteiger partial charge in [-0.05, 0) is 6.42 Å². The zero-order valence-electron chi connectivity index (χ0n) is 8.12. The van der Waals surface area contributed by atoms with Crippen LogP contribution in [0.15, 0.2) is 0 Å². The van der Waals surface area contributed by atoms with E-state index in [4.69, 9.17) is 0 Å². The molecule has 5 nitrogen and oxygen atoms in total.